The number of hydrogen-bond donors (Lipinski definition) is 2. The lowest BCUT2D eigenvalue weighted by Crippen LogP contribution is -2.47. The molecule has 1 amide bonds. The number of quaternary nitrogens is 1. The highest BCUT2D eigenvalue weighted by Crippen LogP contribution is 2.43. The normalized spacial score (nSPS) is 14.1. The fourth-order valence-electron chi connectivity index (χ4n) is 10.0. The Bertz CT molecular complexity index is 1700. The zero-order chi connectivity index (χ0) is 60.7. The molecular formula is C73H134N2O7P+. The molecule has 0 aromatic rings. The van der Waals surface area contributed by atoms with Crippen molar-refractivity contribution in [1.82, 2.24) is 5.32 Å². The minimum Gasteiger partial charge on any atom is -0.456 e. The van der Waals surface area contributed by atoms with E-state index in [4.69, 9.17) is 13.8 Å². The zero-order valence-corrected chi connectivity index (χ0v) is 56.1. The third-order valence-corrected chi connectivity index (χ3v) is 16.3. The highest BCUT2D eigenvalue weighted by molar-refractivity contribution is 7.47. The summed E-state index contributed by atoms with van der Waals surface area (Å²) >= 11 is 0. The average Bonchev–Trinajstić information content (AvgIpc) is 3.51. The van der Waals surface area contributed by atoms with Gasteiger partial charge >= 0.3 is 13.8 Å². The van der Waals surface area contributed by atoms with Crippen LogP contribution in [0.5, 0.6) is 0 Å². The van der Waals surface area contributed by atoms with Gasteiger partial charge in [-0.3, -0.25) is 18.6 Å². The summed E-state index contributed by atoms with van der Waals surface area (Å²) in [5.74, 6) is -0.527. The van der Waals surface area contributed by atoms with E-state index in [0.29, 0.717) is 23.9 Å². The molecule has 9 nitrogen and oxygen atoms in total. The van der Waals surface area contributed by atoms with E-state index < -0.39 is 20.0 Å². The summed E-state index contributed by atoms with van der Waals surface area (Å²) in [6.07, 6.45) is 83.1. The first-order chi connectivity index (χ1) is 40.4. The van der Waals surface area contributed by atoms with Crippen molar-refractivity contribution in [3.05, 3.63) is 85.1 Å². The van der Waals surface area contributed by atoms with Gasteiger partial charge in [0.1, 0.15) is 19.3 Å². The lowest BCUT2D eigenvalue weighted by Gasteiger charge is -2.27. The third-order valence-electron chi connectivity index (χ3n) is 15.3. The van der Waals surface area contributed by atoms with Crippen LogP contribution in [0, 0.1) is 0 Å². The molecular weight excluding hydrogens is 1050 g/mol. The largest absolute Gasteiger partial charge is 0.472 e. The number of carbonyl (C=O) groups excluding carboxylic acids is 2. The van der Waals surface area contributed by atoms with Crippen molar-refractivity contribution < 1.29 is 37.3 Å². The summed E-state index contributed by atoms with van der Waals surface area (Å²) < 4.78 is 30.8. The van der Waals surface area contributed by atoms with Gasteiger partial charge in [0.25, 0.3) is 0 Å². The van der Waals surface area contributed by atoms with Gasteiger partial charge in [0, 0.05) is 12.8 Å². The highest BCUT2D eigenvalue weighted by Gasteiger charge is 2.30. The van der Waals surface area contributed by atoms with Crippen LogP contribution in [0.15, 0.2) is 85.1 Å². The second-order valence-electron chi connectivity index (χ2n) is 24.7. The molecule has 0 radical (unpaired) electrons. The number of nitrogens with one attached hydrogen (secondary N) is 1. The number of phosphoric ester groups is 1. The molecule has 0 saturated heterocycles. The van der Waals surface area contributed by atoms with Crippen molar-refractivity contribution in [2.45, 2.75) is 328 Å². The molecule has 482 valence electrons. The molecule has 3 atom stereocenters. The number of unbranched alkanes of at least 4 members (excludes halogenated alkanes) is 35. The van der Waals surface area contributed by atoms with E-state index in [1.54, 1.807) is 0 Å². The Morgan fingerprint density at radius 3 is 1.16 bits per heavy atom. The van der Waals surface area contributed by atoms with Crippen LogP contribution in [0.4, 0.5) is 0 Å². The molecule has 0 saturated carbocycles. The zero-order valence-electron chi connectivity index (χ0n) is 55.2. The molecule has 0 heterocycles. The minimum absolute atomic E-state index is 0.0328. The Morgan fingerprint density at radius 1 is 0.434 bits per heavy atom. The number of hydrogen-bond acceptors (Lipinski definition) is 6. The van der Waals surface area contributed by atoms with Crippen LogP contribution < -0.4 is 5.32 Å². The molecule has 2 N–H and O–H groups in total. The molecule has 0 fully saturated rings. The average molecular weight is 1180 g/mol. The summed E-state index contributed by atoms with van der Waals surface area (Å²) in [7, 11) is 1.48. The lowest BCUT2D eigenvalue weighted by atomic mass is 10.0. The molecule has 0 aromatic carbocycles. The molecule has 3 unspecified atom stereocenters. The van der Waals surface area contributed by atoms with Gasteiger partial charge in [-0.1, -0.05) is 305 Å². The molecule has 10 heteroatoms. The van der Waals surface area contributed by atoms with Crippen molar-refractivity contribution in [3.63, 3.8) is 0 Å². The summed E-state index contributed by atoms with van der Waals surface area (Å²) in [6.45, 7) is 6.90. The van der Waals surface area contributed by atoms with Crippen molar-refractivity contribution in [2.24, 2.45) is 0 Å². The van der Waals surface area contributed by atoms with E-state index in [2.05, 4.69) is 99.0 Å². The molecule has 83 heavy (non-hydrogen) atoms. The number of rotatable bonds is 63. The van der Waals surface area contributed by atoms with Crippen LogP contribution >= 0.6 is 7.82 Å². The number of amides is 1. The minimum atomic E-state index is -4.46. The SMILES string of the molecule is CC/C=C\C/C=C\C/C=C\C/C=C\C/C=C\C/C=C\CCCCCCC(=O)NC(COP(=O)(O)OCC[N+](C)(C)C)C(/C=C/CCCCCCCCCCC)OC(=O)CCCCCCCCCCCCCCCCCCCCCCCCC. The van der Waals surface area contributed by atoms with E-state index in [1.807, 2.05) is 33.3 Å². The fourth-order valence-corrected chi connectivity index (χ4v) is 10.7. The fraction of sp³-hybridized carbons (Fsp3) is 0.781. The molecule has 0 aliphatic heterocycles. The van der Waals surface area contributed by atoms with Gasteiger partial charge in [0.05, 0.1) is 33.8 Å². The monoisotopic (exact) mass is 1180 g/mol. The Kier molecular flexibility index (Phi) is 60.1. The Hall–Kier alpha value is -2.81. The number of carbonyl (C=O) groups is 2. The van der Waals surface area contributed by atoms with Crippen molar-refractivity contribution in [3.8, 4) is 0 Å². The van der Waals surface area contributed by atoms with Crippen LogP contribution in [0.25, 0.3) is 0 Å². The van der Waals surface area contributed by atoms with Crippen LogP contribution in [0.2, 0.25) is 0 Å². The lowest BCUT2D eigenvalue weighted by molar-refractivity contribution is -0.870. The molecule has 0 aliphatic rings. The summed E-state index contributed by atoms with van der Waals surface area (Å²) in [4.78, 5) is 37.8. The van der Waals surface area contributed by atoms with Gasteiger partial charge in [-0.25, -0.2) is 4.57 Å². The maximum atomic E-state index is 13.6. The van der Waals surface area contributed by atoms with Gasteiger partial charge in [0.15, 0.2) is 0 Å². The van der Waals surface area contributed by atoms with Crippen molar-refractivity contribution >= 4 is 19.7 Å². The van der Waals surface area contributed by atoms with E-state index >= 15 is 0 Å². The van der Waals surface area contributed by atoms with Gasteiger partial charge in [-0.15, -0.1) is 0 Å². The molecule has 0 bridgehead atoms. The Balaban J connectivity index is 5.10. The smallest absolute Gasteiger partial charge is 0.456 e. The number of likely N-dealkylation sites (N-methyl/N-ethyl adjacent to an activating group) is 1. The summed E-state index contributed by atoms with van der Waals surface area (Å²) in [6, 6.07) is -0.865. The first-order valence-electron chi connectivity index (χ1n) is 34.9. The van der Waals surface area contributed by atoms with Crippen molar-refractivity contribution in [2.75, 3.05) is 40.9 Å². The van der Waals surface area contributed by atoms with Gasteiger partial charge in [-0.2, -0.15) is 0 Å². The van der Waals surface area contributed by atoms with Crippen molar-refractivity contribution in [1.29, 1.82) is 0 Å². The standard InChI is InChI=1S/C73H133N2O7P/c1-7-10-13-16-19-22-25-27-29-31-33-35-37-39-41-43-45-47-50-53-56-59-62-65-72(76)74-70(69-81-83(78,79)80-68-67-75(4,5)6)71(64-61-58-55-52-49-24-21-18-15-12-9-3)82-73(77)66-63-60-57-54-51-48-46-44-42-40-38-36-34-32-30-28-26-23-20-17-14-11-8-2/h10,13,19,22,27,29,33,35,39,41,45,47,61,64,70-71H,7-9,11-12,14-18,20-21,23-26,28,30-32,34,36-38,40,42-44,46,48-60,62-63,65-69H2,1-6H3,(H-,74,76,78,79)/p+1/b13-10-,22-19-,29-27-,35-33-,41-39-,47-45-,64-61+. The van der Waals surface area contributed by atoms with E-state index in [-0.39, 0.29) is 31.5 Å². The number of allylic oxidation sites excluding steroid dienone is 13. The number of nitrogens with zero attached hydrogens (tertiary/aromatic N) is 1. The second kappa shape index (κ2) is 62.2. The maximum Gasteiger partial charge on any atom is 0.472 e. The molecule has 0 aliphatic carbocycles. The number of ether oxygens (including phenoxy) is 1. The van der Waals surface area contributed by atoms with Gasteiger partial charge in [-0.05, 0) is 83.1 Å². The predicted octanol–water partition coefficient (Wildman–Crippen LogP) is 22.1. The maximum absolute atomic E-state index is 13.6. The second-order valence-corrected chi connectivity index (χ2v) is 26.1. The molecule has 0 rings (SSSR count). The Morgan fingerprint density at radius 2 is 0.771 bits per heavy atom. The number of esters is 1. The van der Waals surface area contributed by atoms with Crippen LogP contribution in [-0.4, -0.2) is 74.3 Å². The van der Waals surface area contributed by atoms with Gasteiger partial charge < -0.3 is 19.4 Å². The van der Waals surface area contributed by atoms with Gasteiger partial charge in [0.2, 0.25) is 5.91 Å². The first-order valence-corrected chi connectivity index (χ1v) is 36.4. The number of phosphoric acid groups is 1. The van der Waals surface area contributed by atoms with E-state index in [1.165, 1.54) is 173 Å². The van der Waals surface area contributed by atoms with Crippen LogP contribution in [0.3, 0.4) is 0 Å². The quantitative estimate of drug-likeness (QED) is 0.0205. The summed E-state index contributed by atoms with van der Waals surface area (Å²) in [5, 5.41) is 3.05. The Labute approximate surface area is 514 Å². The van der Waals surface area contributed by atoms with E-state index in [0.717, 1.165) is 103 Å². The molecule has 0 spiro atoms. The summed E-state index contributed by atoms with van der Waals surface area (Å²) in [5.41, 5.74) is 0. The van der Waals surface area contributed by atoms with Crippen LogP contribution in [-0.2, 0) is 27.9 Å². The molecule has 0 aromatic heterocycles. The first kappa shape index (κ1) is 80.2. The topological polar surface area (TPSA) is 111 Å². The third kappa shape index (κ3) is 63.5. The predicted molar refractivity (Wildman–Crippen MR) is 360 cm³/mol. The van der Waals surface area contributed by atoms with E-state index in [9.17, 15) is 19.0 Å². The van der Waals surface area contributed by atoms with Crippen LogP contribution in [0.1, 0.15) is 316 Å². The highest BCUT2D eigenvalue weighted by atomic mass is 31.2.